The van der Waals surface area contributed by atoms with Crippen molar-refractivity contribution >= 4 is 38.6 Å². The maximum absolute atomic E-state index is 7.09. The zero-order valence-electron chi connectivity index (χ0n) is 26.8. The first-order chi connectivity index (χ1) is 24.8. The van der Waals surface area contributed by atoms with Gasteiger partial charge in [-0.05, 0) is 70.1 Å². The number of fused-ring (bicyclic) bond motifs is 6. The predicted octanol–water partition coefficient (Wildman–Crippen LogP) is 11.5. The van der Waals surface area contributed by atoms with E-state index in [4.69, 9.17) is 18.1 Å². The van der Waals surface area contributed by atoms with Crippen LogP contribution in [0.15, 0.2) is 158 Å². The molecule has 0 bridgehead atoms. The summed E-state index contributed by atoms with van der Waals surface area (Å²) in [6, 6.07) is 50.2. The Kier molecular flexibility index (Phi) is 7.11. The van der Waals surface area contributed by atoms with Crippen molar-refractivity contribution in [3.8, 4) is 34.1 Å². The van der Waals surface area contributed by atoms with Gasteiger partial charge in [-0.15, -0.1) is 0 Å². The highest BCUT2D eigenvalue weighted by atomic mass is 31.2. The number of nitrogens with zero attached hydrogens (tertiary/aromatic N) is 2. The van der Waals surface area contributed by atoms with Crippen molar-refractivity contribution in [3.05, 3.63) is 181 Å². The van der Waals surface area contributed by atoms with Crippen molar-refractivity contribution in [1.82, 2.24) is 8.68 Å². The molecule has 0 saturated heterocycles. The first-order valence-corrected chi connectivity index (χ1v) is 18.9. The fourth-order valence-corrected chi connectivity index (χ4v) is 9.83. The summed E-state index contributed by atoms with van der Waals surface area (Å²) < 4.78 is 31.9. The Morgan fingerprint density at radius 3 is 1.38 bits per heavy atom. The van der Waals surface area contributed by atoms with Crippen LogP contribution in [0.1, 0.15) is 22.5 Å². The van der Waals surface area contributed by atoms with Crippen LogP contribution in [0.4, 0.5) is 0 Å². The lowest BCUT2D eigenvalue weighted by atomic mass is 9.92. The Morgan fingerprint density at radius 1 is 0.440 bits per heavy atom. The second kappa shape index (κ2) is 12.1. The molecule has 2 atom stereocenters. The number of hydrogen-bond acceptors (Lipinski definition) is 4. The van der Waals surface area contributed by atoms with Crippen LogP contribution in [0, 0.1) is 0 Å². The molecule has 0 spiro atoms. The normalized spacial score (nSPS) is 16.2. The summed E-state index contributed by atoms with van der Waals surface area (Å²) in [6.07, 6.45) is 5.65. The highest BCUT2D eigenvalue weighted by molar-refractivity contribution is 7.46. The third-order valence-electron chi connectivity index (χ3n) is 9.40. The third kappa shape index (κ3) is 5.03. The molecule has 50 heavy (non-hydrogen) atoms. The van der Waals surface area contributed by atoms with Crippen LogP contribution in [0.25, 0.3) is 32.7 Å². The van der Waals surface area contributed by atoms with Gasteiger partial charge in [-0.25, -0.2) is 0 Å². The Labute approximate surface area is 292 Å². The lowest BCUT2D eigenvalue weighted by molar-refractivity contribution is 0.477. The second-order valence-electron chi connectivity index (χ2n) is 12.4. The Morgan fingerprint density at radius 2 is 0.880 bits per heavy atom. The van der Waals surface area contributed by atoms with Crippen molar-refractivity contribution in [1.29, 1.82) is 0 Å². The van der Waals surface area contributed by atoms with Gasteiger partial charge >= 0.3 is 17.1 Å². The maximum Gasteiger partial charge on any atom is 0.421 e. The number of rotatable bonds is 5. The van der Waals surface area contributed by atoms with E-state index >= 15 is 0 Å². The van der Waals surface area contributed by atoms with Gasteiger partial charge in [0.15, 0.2) is 0 Å². The summed E-state index contributed by atoms with van der Waals surface area (Å²) in [5, 5.41) is 4.33. The predicted molar refractivity (Wildman–Crippen MR) is 201 cm³/mol. The molecule has 6 aromatic carbocycles. The highest BCUT2D eigenvalue weighted by Crippen LogP contribution is 2.55. The molecule has 6 nitrogen and oxygen atoms in total. The molecule has 8 aromatic rings. The second-order valence-corrected chi connectivity index (χ2v) is 15.0. The van der Waals surface area contributed by atoms with Crippen LogP contribution in [-0.4, -0.2) is 8.68 Å². The first-order valence-electron chi connectivity index (χ1n) is 16.6. The van der Waals surface area contributed by atoms with Gasteiger partial charge in [0.05, 0.1) is 0 Å². The van der Waals surface area contributed by atoms with E-state index in [0.29, 0.717) is 0 Å². The summed E-state index contributed by atoms with van der Waals surface area (Å²) in [4.78, 5) is 0. The van der Waals surface area contributed by atoms with Gasteiger partial charge in [0, 0.05) is 58.9 Å². The van der Waals surface area contributed by atoms with E-state index in [1.54, 1.807) is 0 Å². The van der Waals surface area contributed by atoms with E-state index in [1.807, 2.05) is 24.3 Å². The molecular weight excluding hydrogens is 658 g/mol. The van der Waals surface area contributed by atoms with Crippen molar-refractivity contribution in [2.24, 2.45) is 0 Å². The van der Waals surface area contributed by atoms with Crippen LogP contribution in [0.3, 0.4) is 0 Å². The maximum atomic E-state index is 7.09. The average molecular weight is 689 g/mol. The molecule has 4 heterocycles. The monoisotopic (exact) mass is 688 g/mol. The van der Waals surface area contributed by atoms with Gasteiger partial charge in [-0.1, -0.05) is 97.1 Å². The van der Waals surface area contributed by atoms with Crippen LogP contribution in [-0.2, 0) is 12.8 Å². The van der Waals surface area contributed by atoms with E-state index < -0.39 is 17.1 Å². The summed E-state index contributed by atoms with van der Waals surface area (Å²) >= 11 is 0. The molecule has 2 unspecified atom stereocenters. The minimum Gasteiger partial charge on any atom is -0.422 e. The van der Waals surface area contributed by atoms with Crippen molar-refractivity contribution in [3.63, 3.8) is 0 Å². The standard InChI is InChI=1S/C42H30N2O4P2/c1-5-17-35-29(11-1)21-23-39(47-49-43-25-9-15-33(43)27-31-13-3-7-19-37(31)45-49)41(35)42-36-18-6-2-12-30(36)22-24-40(42)48-50-44-26-10-16-34(44)28-32-14-4-8-20-38(32)46-50/h1-26H,27-28H2. The number of aromatic nitrogens is 2. The molecule has 2 aliphatic heterocycles. The average Bonchev–Trinajstić information content (AvgIpc) is 3.76. The fraction of sp³-hybridized carbons (Fsp3) is 0.0476. The summed E-state index contributed by atoms with van der Waals surface area (Å²) in [5.41, 5.74) is 6.47. The summed E-state index contributed by atoms with van der Waals surface area (Å²) in [6.45, 7) is 0. The highest BCUT2D eigenvalue weighted by Gasteiger charge is 2.31. The van der Waals surface area contributed by atoms with Crippen molar-refractivity contribution in [2.45, 2.75) is 12.8 Å². The van der Waals surface area contributed by atoms with Crippen LogP contribution < -0.4 is 18.1 Å². The number of benzene rings is 6. The molecule has 0 aliphatic carbocycles. The molecule has 2 aromatic heterocycles. The minimum absolute atomic E-state index is 0.719. The Bertz CT molecular complexity index is 2380. The zero-order chi connectivity index (χ0) is 33.0. The number of hydrogen-bond donors (Lipinski definition) is 0. The fourth-order valence-electron chi connectivity index (χ4n) is 7.00. The third-order valence-corrected chi connectivity index (χ3v) is 12.3. The SMILES string of the molecule is c1ccc2c(c1)Cc1cccn1P(Oc1ccc3ccccc3c1-c1c(OP3Oc4ccccc4Cc4cccn43)ccc3ccccc13)O2. The summed E-state index contributed by atoms with van der Waals surface area (Å²) in [5.74, 6) is 3.12. The van der Waals surface area contributed by atoms with Gasteiger partial charge in [0.2, 0.25) is 0 Å². The Hall–Kier alpha value is -5.54. The topological polar surface area (TPSA) is 46.8 Å². The van der Waals surface area contributed by atoms with E-state index in [9.17, 15) is 0 Å². The largest absolute Gasteiger partial charge is 0.422 e. The number of para-hydroxylation sites is 2. The molecule has 2 aliphatic rings. The van der Waals surface area contributed by atoms with Crippen LogP contribution in [0.5, 0.6) is 23.0 Å². The molecule has 0 N–H and O–H groups in total. The first kappa shape index (κ1) is 29.4. The Balaban J connectivity index is 1.16. The van der Waals surface area contributed by atoms with Crippen LogP contribution in [0.2, 0.25) is 0 Å². The van der Waals surface area contributed by atoms with Gasteiger partial charge in [-0.3, -0.25) is 8.68 Å². The summed E-state index contributed by atoms with van der Waals surface area (Å²) in [7, 11) is -3.16. The molecule has 10 rings (SSSR count). The molecule has 0 amide bonds. The van der Waals surface area contributed by atoms with Crippen molar-refractivity contribution in [2.75, 3.05) is 0 Å². The van der Waals surface area contributed by atoms with Crippen molar-refractivity contribution < 1.29 is 18.1 Å². The van der Waals surface area contributed by atoms with E-state index in [-0.39, 0.29) is 0 Å². The molecule has 8 heteroatoms. The van der Waals surface area contributed by atoms with E-state index in [0.717, 1.165) is 91.0 Å². The van der Waals surface area contributed by atoms with E-state index in [1.165, 1.54) is 0 Å². The van der Waals surface area contributed by atoms with Crippen LogP contribution >= 0.6 is 17.1 Å². The molecule has 0 radical (unpaired) electrons. The van der Waals surface area contributed by atoms with E-state index in [2.05, 4.69) is 142 Å². The van der Waals surface area contributed by atoms with Gasteiger partial charge in [0.25, 0.3) is 0 Å². The van der Waals surface area contributed by atoms with Gasteiger partial charge in [0.1, 0.15) is 23.0 Å². The molecule has 242 valence electrons. The lowest BCUT2D eigenvalue weighted by Crippen LogP contribution is -2.06. The van der Waals surface area contributed by atoms with Gasteiger partial charge < -0.3 is 18.1 Å². The van der Waals surface area contributed by atoms with Gasteiger partial charge in [-0.2, -0.15) is 0 Å². The molecule has 0 fully saturated rings. The lowest BCUT2D eigenvalue weighted by Gasteiger charge is -2.24. The smallest absolute Gasteiger partial charge is 0.421 e. The minimum atomic E-state index is -1.58. The molecular formula is C42H30N2O4P2. The zero-order valence-corrected chi connectivity index (χ0v) is 28.6. The molecule has 0 saturated carbocycles. The quantitative estimate of drug-likeness (QED) is 0.169.